The molecule has 1 amide bonds. The second kappa shape index (κ2) is 6.67. The molecule has 0 bridgehead atoms. The summed E-state index contributed by atoms with van der Waals surface area (Å²) in [5.41, 5.74) is -0.213. The highest BCUT2D eigenvalue weighted by Gasteiger charge is 2.21. The Bertz CT molecular complexity index is 504. The number of hydrogen-bond acceptors (Lipinski definition) is 4. The van der Waals surface area contributed by atoms with E-state index in [4.69, 9.17) is 4.74 Å². The van der Waals surface area contributed by atoms with Crippen LogP contribution in [-0.4, -0.2) is 54.2 Å². The summed E-state index contributed by atoms with van der Waals surface area (Å²) >= 11 is 0. The molecule has 2 rings (SSSR count). The van der Waals surface area contributed by atoms with E-state index >= 15 is 0 Å². The summed E-state index contributed by atoms with van der Waals surface area (Å²) in [6, 6.07) is 3.16. The number of carbonyl (C=O) groups excluding carboxylic acids is 1. The van der Waals surface area contributed by atoms with Gasteiger partial charge in [0.25, 0.3) is 11.5 Å². The largest absolute Gasteiger partial charge is 0.373 e. The topological polar surface area (TPSA) is 74.4 Å². The summed E-state index contributed by atoms with van der Waals surface area (Å²) in [6.07, 6.45) is 1.94. The first kappa shape index (κ1) is 14.7. The molecule has 2 N–H and O–H groups in total. The fourth-order valence-corrected chi connectivity index (χ4v) is 2.49. The number of hydrogen-bond donors (Lipinski definition) is 2. The van der Waals surface area contributed by atoms with Gasteiger partial charge in [0.05, 0.1) is 12.2 Å². The number of carbonyl (C=O) groups is 1. The molecule has 1 aliphatic heterocycles. The van der Waals surface area contributed by atoms with Crippen molar-refractivity contribution < 1.29 is 9.53 Å². The molecule has 1 aliphatic rings. The molecular formula is C14H21N3O3. The van der Waals surface area contributed by atoms with Gasteiger partial charge in [-0.1, -0.05) is 0 Å². The lowest BCUT2D eigenvalue weighted by Crippen LogP contribution is -2.48. The van der Waals surface area contributed by atoms with Crippen LogP contribution in [0, 0.1) is 0 Å². The van der Waals surface area contributed by atoms with Crippen molar-refractivity contribution in [3.63, 3.8) is 0 Å². The minimum absolute atomic E-state index is 0.149. The molecule has 2 heterocycles. The zero-order valence-electron chi connectivity index (χ0n) is 11.9. The molecule has 0 aromatic carbocycles. The number of pyridine rings is 1. The van der Waals surface area contributed by atoms with Crippen LogP contribution in [0.25, 0.3) is 0 Å². The average molecular weight is 279 g/mol. The first-order valence-corrected chi connectivity index (χ1v) is 6.90. The average Bonchev–Trinajstić information content (AvgIpc) is 2.38. The Hall–Kier alpha value is -1.66. The highest BCUT2D eigenvalue weighted by Crippen LogP contribution is 2.09. The van der Waals surface area contributed by atoms with Gasteiger partial charge >= 0.3 is 0 Å². The van der Waals surface area contributed by atoms with Gasteiger partial charge in [-0.3, -0.25) is 14.5 Å². The number of nitrogens with zero attached hydrogens (tertiary/aromatic N) is 1. The lowest BCUT2D eigenvalue weighted by atomic mass is 10.2. The lowest BCUT2D eigenvalue weighted by molar-refractivity contribution is -0.0672. The zero-order valence-corrected chi connectivity index (χ0v) is 11.9. The monoisotopic (exact) mass is 279 g/mol. The quantitative estimate of drug-likeness (QED) is 0.826. The van der Waals surface area contributed by atoms with Crippen LogP contribution in [0.3, 0.4) is 0 Å². The second-order valence-electron chi connectivity index (χ2n) is 5.19. The third kappa shape index (κ3) is 3.91. The Kier molecular flexibility index (Phi) is 4.92. The van der Waals surface area contributed by atoms with E-state index in [0.29, 0.717) is 6.54 Å². The van der Waals surface area contributed by atoms with E-state index in [9.17, 15) is 9.59 Å². The van der Waals surface area contributed by atoms with E-state index in [1.54, 1.807) is 6.07 Å². The number of ether oxygens (including phenoxy) is 1. The van der Waals surface area contributed by atoms with Crippen LogP contribution in [-0.2, 0) is 4.74 Å². The van der Waals surface area contributed by atoms with Crippen LogP contribution in [0.2, 0.25) is 0 Å². The van der Waals surface area contributed by atoms with Gasteiger partial charge in [0, 0.05) is 32.4 Å². The van der Waals surface area contributed by atoms with Crippen molar-refractivity contribution >= 4 is 5.91 Å². The minimum Gasteiger partial charge on any atom is -0.373 e. The molecule has 0 radical (unpaired) electrons. The molecule has 2 atom stereocenters. The summed E-state index contributed by atoms with van der Waals surface area (Å²) in [4.78, 5) is 28.1. The predicted octanol–water partition coefficient (Wildman–Crippen LogP) is 0.214. The van der Waals surface area contributed by atoms with Gasteiger partial charge in [-0.2, -0.15) is 0 Å². The summed E-state index contributed by atoms with van der Waals surface area (Å²) in [5, 5.41) is 2.78. The van der Waals surface area contributed by atoms with Crippen LogP contribution < -0.4 is 10.9 Å². The molecule has 1 aromatic heterocycles. The maximum absolute atomic E-state index is 11.9. The van der Waals surface area contributed by atoms with Gasteiger partial charge in [-0.15, -0.1) is 0 Å². The summed E-state index contributed by atoms with van der Waals surface area (Å²) in [7, 11) is 0. The molecule has 6 nitrogen and oxygen atoms in total. The zero-order chi connectivity index (χ0) is 14.5. The molecule has 110 valence electrons. The standard InChI is InChI=1S/C14H21N3O3/c1-10-8-17(9-11(2)20-10)7-6-16-14(19)12-4-3-5-15-13(12)18/h3-5,10-11H,6-9H2,1-2H3,(H,15,18)(H,16,19). The summed E-state index contributed by atoms with van der Waals surface area (Å²) in [6.45, 7) is 7.11. The molecule has 0 spiro atoms. The van der Waals surface area contributed by atoms with Crippen LogP contribution in [0.5, 0.6) is 0 Å². The Morgan fingerprint density at radius 1 is 1.45 bits per heavy atom. The van der Waals surface area contributed by atoms with Crippen LogP contribution >= 0.6 is 0 Å². The van der Waals surface area contributed by atoms with Crippen molar-refractivity contribution in [3.05, 3.63) is 34.2 Å². The molecule has 0 saturated carbocycles. The smallest absolute Gasteiger partial charge is 0.260 e. The lowest BCUT2D eigenvalue weighted by Gasteiger charge is -2.35. The van der Waals surface area contributed by atoms with Crippen LogP contribution in [0.15, 0.2) is 23.1 Å². The van der Waals surface area contributed by atoms with Gasteiger partial charge < -0.3 is 15.0 Å². The molecular weight excluding hydrogens is 258 g/mol. The number of amides is 1. The molecule has 1 saturated heterocycles. The van der Waals surface area contributed by atoms with E-state index in [-0.39, 0.29) is 29.2 Å². The normalized spacial score (nSPS) is 23.5. The van der Waals surface area contributed by atoms with E-state index in [0.717, 1.165) is 19.6 Å². The number of aromatic amines is 1. The second-order valence-corrected chi connectivity index (χ2v) is 5.19. The molecule has 0 aliphatic carbocycles. The molecule has 2 unspecified atom stereocenters. The van der Waals surface area contributed by atoms with Gasteiger partial charge in [-0.05, 0) is 26.0 Å². The molecule has 20 heavy (non-hydrogen) atoms. The number of aromatic nitrogens is 1. The number of rotatable bonds is 4. The van der Waals surface area contributed by atoms with Crippen molar-refractivity contribution in [1.29, 1.82) is 0 Å². The van der Waals surface area contributed by atoms with Crippen molar-refractivity contribution in [1.82, 2.24) is 15.2 Å². The highest BCUT2D eigenvalue weighted by atomic mass is 16.5. The number of nitrogens with one attached hydrogen (secondary N) is 2. The van der Waals surface area contributed by atoms with Gasteiger partial charge in [-0.25, -0.2) is 0 Å². The maximum atomic E-state index is 11.9. The van der Waals surface area contributed by atoms with E-state index < -0.39 is 0 Å². The Balaban J connectivity index is 1.80. The Labute approximate surface area is 118 Å². The molecule has 1 fully saturated rings. The third-order valence-corrected chi connectivity index (χ3v) is 3.27. The van der Waals surface area contributed by atoms with Gasteiger partial charge in [0.2, 0.25) is 0 Å². The number of H-pyrrole nitrogens is 1. The van der Waals surface area contributed by atoms with E-state index in [1.165, 1.54) is 12.3 Å². The molecule has 1 aromatic rings. The first-order valence-electron chi connectivity index (χ1n) is 6.90. The van der Waals surface area contributed by atoms with Gasteiger partial charge in [0.15, 0.2) is 0 Å². The first-order chi connectivity index (χ1) is 9.56. The maximum Gasteiger partial charge on any atom is 0.260 e. The molecule has 6 heteroatoms. The summed E-state index contributed by atoms with van der Waals surface area (Å²) in [5.74, 6) is -0.332. The van der Waals surface area contributed by atoms with E-state index in [1.807, 2.05) is 13.8 Å². The Morgan fingerprint density at radius 2 is 2.15 bits per heavy atom. The Morgan fingerprint density at radius 3 is 2.80 bits per heavy atom. The van der Waals surface area contributed by atoms with Crippen molar-refractivity contribution in [2.75, 3.05) is 26.2 Å². The number of morpholine rings is 1. The SMILES string of the molecule is CC1CN(CCNC(=O)c2ccc[nH]c2=O)CC(C)O1. The summed E-state index contributed by atoms with van der Waals surface area (Å²) < 4.78 is 5.65. The van der Waals surface area contributed by atoms with Crippen LogP contribution in [0.4, 0.5) is 0 Å². The fraction of sp³-hybridized carbons (Fsp3) is 0.571. The van der Waals surface area contributed by atoms with Crippen molar-refractivity contribution in [3.8, 4) is 0 Å². The van der Waals surface area contributed by atoms with Crippen molar-refractivity contribution in [2.24, 2.45) is 0 Å². The van der Waals surface area contributed by atoms with E-state index in [2.05, 4.69) is 15.2 Å². The van der Waals surface area contributed by atoms with Gasteiger partial charge in [0.1, 0.15) is 5.56 Å². The third-order valence-electron chi connectivity index (χ3n) is 3.27. The fourth-order valence-electron chi connectivity index (χ4n) is 2.49. The minimum atomic E-state index is -0.362. The predicted molar refractivity (Wildman–Crippen MR) is 75.8 cm³/mol. The highest BCUT2D eigenvalue weighted by molar-refractivity contribution is 5.93. The van der Waals surface area contributed by atoms with Crippen LogP contribution in [0.1, 0.15) is 24.2 Å². The van der Waals surface area contributed by atoms with Crippen molar-refractivity contribution in [2.45, 2.75) is 26.1 Å².